The fourth-order valence-electron chi connectivity index (χ4n) is 0.207. The highest BCUT2D eigenvalue weighted by Gasteiger charge is 2.33. The maximum absolute atomic E-state index is 12.5. The average molecular weight is 172 g/mol. The molecule has 0 aromatic heterocycles. The maximum Gasteiger partial charge on any atom is 0.305 e. The number of hydrogen-bond donors (Lipinski definition) is 0. The SMILES string of the molecule is CSSC(F)(F)C(C)C. The van der Waals surface area contributed by atoms with E-state index in [4.69, 9.17) is 0 Å². The van der Waals surface area contributed by atoms with Gasteiger partial charge in [-0.05, 0) is 17.0 Å². The minimum absolute atomic E-state index is 0.574. The molecule has 0 rings (SSSR count). The minimum atomic E-state index is -2.57. The lowest BCUT2D eigenvalue weighted by Crippen LogP contribution is -2.17. The van der Waals surface area contributed by atoms with Crippen molar-refractivity contribution in [3.8, 4) is 0 Å². The Balaban J connectivity index is 3.70. The molecule has 0 unspecified atom stereocenters. The van der Waals surface area contributed by atoms with E-state index in [1.165, 1.54) is 13.8 Å². The molecule has 0 aromatic carbocycles. The van der Waals surface area contributed by atoms with Crippen LogP contribution < -0.4 is 0 Å². The highest BCUT2D eigenvalue weighted by Crippen LogP contribution is 2.42. The Labute approximate surface area is 62.2 Å². The molecule has 0 aliphatic rings. The summed E-state index contributed by atoms with van der Waals surface area (Å²) in [7, 11) is 1.73. The Morgan fingerprint density at radius 3 is 1.89 bits per heavy atom. The van der Waals surface area contributed by atoms with Crippen LogP contribution in [0.25, 0.3) is 0 Å². The van der Waals surface area contributed by atoms with Crippen LogP contribution in [-0.4, -0.2) is 11.5 Å². The largest absolute Gasteiger partial charge is 0.305 e. The van der Waals surface area contributed by atoms with Crippen molar-refractivity contribution in [2.75, 3.05) is 6.26 Å². The lowest BCUT2D eigenvalue weighted by molar-refractivity contribution is 0.0564. The van der Waals surface area contributed by atoms with Gasteiger partial charge in [0.2, 0.25) is 0 Å². The van der Waals surface area contributed by atoms with Gasteiger partial charge in [0.05, 0.1) is 0 Å². The predicted molar refractivity (Wildman–Crippen MR) is 40.9 cm³/mol. The van der Waals surface area contributed by atoms with E-state index in [2.05, 4.69) is 0 Å². The molecule has 0 aliphatic carbocycles. The predicted octanol–water partition coefficient (Wildman–Crippen LogP) is 3.25. The molecule has 0 fully saturated rings. The average Bonchev–Trinajstić information content (AvgIpc) is 1.65. The zero-order valence-electron chi connectivity index (χ0n) is 5.65. The molecule has 56 valence electrons. The smallest absolute Gasteiger partial charge is 0.193 e. The second-order valence-corrected chi connectivity index (χ2v) is 4.51. The van der Waals surface area contributed by atoms with E-state index < -0.39 is 11.2 Å². The van der Waals surface area contributed by atoms with Crippen LogP contribution in [-0.2, 0) is 0 Å². The van der Waals surface area contributed by atoms with Gasteiger partial charge in [-0.1, -0.05) is 24.6 Å². The lowest BCUT2D eigenvalue weighted by Gasteiger charge is -2.16. The van der Waals surface area contributed by atoms with Gasteiger partial charge in [0, 0.05) is 5.92 Å². The molecule has 0 nitrogen and oxygen atoms in total. The van der Waals surface area contributed by atoms with E-state index in [0.29, 0.717) is 10.8 Å². The summed E-state index contributed by atoms with van der Waals surface area (Å²) in [4.78, 5) is 0. The van der Waals surface area contributed by atoms with Crippen LogP contribution in [0.4, 0.5) is 8.78 Å². The van der Waals surface area contributed by atoms with Crippen molar-refractivity contribution in [2.45, 2.75) is 19.1 Å². The van der Waals surface area contributed by atoms with Gasteiger partial charge in [-0.25, -0.2) is 0 Å². The Morgan fingerprint density at radius 2 is 1.78 bits per heavy atom. The van der Waals surface area contributed by atoms with Gasteiger partial charge < -0.3 is 0 Å². The zero-order valence-corrected chi connectivity index (χ0v) is 7.28. The lowest BCUT2D eigenvalue weighted by atomic mass is 10.2. The van der Waals surface area contributed by atoms with Crippen molar-refractivity contribution in [3.63, 3.8) is 0 Å². The molecule has 0 heterocycles. The van der Waals surface area contributed by atoms with Gasteiger partial charge in [-0.2, -0.15) is 8.78 Å². The summed E-state index contributed by atoms with van der Waals surface area (Å²) in [5.74, 6) is -0.574. The van der Waals surface area contributed by atoms with Crippen molar-refractivity contribution < 1.29 is 8.78 Å². The van der Waals surface area contributed by atoms with Crippen molar-refractivity contribution in [2.24, 2.45) is 5.92 Å². The molecule has 9 heavy (non-hydrogen) atoms. The first-order chi connectivity index (χ1) is 4.00. The number of alkyl halides is 2. The van der Waals surface area contributed by atoms with Gasteiger partial charge in [0.1, 0.15) is 0 Å². The van der Waals surface area contributed by atoms with Gasteiger partial charge in [-0.3, -0.25) is 0 Å². The quantitative estimate of drug-likeness (QED) is 0.599. The first-order valence-electron chi connectivity index (χ1n) is 2.60. The third-order valence-electron chi connectivity index (χ3n) is 0.867. The normalized spacial score (nSPS) is 12.7. The molecule has 0 saturated carbocycles. The molecule has 0 spiro atoms. The van der Waals surface area contributed by atoms with Crippen molar-refractivity contribution in [1.29, 1.82) is 0 Å². The van der Waals surface area contributed by atoms with Gasteiger partial charge in [0.15, 0.2) is 0 Å². The van der Waals surface area contributed by atoms with Crippen LogP contribution in [0.5, 0.6) is 0 Å². The molecular weight excluding hydrogens is 162 g/mol. The first-order valence-corrected chi connectivity index (χ1v) is 5.16. The summed E-state index contributed by atoms with van der Waals surface area (Å²) in [6.07, 6.45) is 1.65. The topological polar surface area (TPSA) is 0 Å². The van der Waals surface area contributed by atoms with Crippen molar-refractivity contribution in [1.82, 2.24) is 0 Å². The second-order valence-electron chi connectivity index (χ2n) is 1.97. The fourth-order valence-corrected chi connectivity index (χ4v) is 1.87. The van der Waals surface area contributed by atoms with Crippen LogP contribution >= 0.6 is 21.6 Å². The van der Waals surface area contributed by atoms with Crippen LogP contribution in [0.1, 0.15) is 13.8 Å². The molecule has 0 bridgehead atoms. The summed E-state index contributed by atoms with van der Waals surface area (Å²) < 4.78 is 25.0. The molecule has 0 saturated heterocycles. The number of halogens is 2. The van der Waals surface area contributed by atoms with Crippen LogP contribution in [0.2, 0.25) is 0 Å². The fraction of sp³-hybridized carbons (Fsp3) is 1.00. The molecule has 0 radical (unpaired) electrons. The van der Waals surface area contributed by atoms with Crippen molar-refractivity contribution in [3.05, 3.63) is 0 Å². The highest BCUT2D eigenvalue weighted by molar-refractivity contribution is 8.76. The molecule has 0 atom stereocenters. The van der Waals surface area contributed by atoms with E-state index in [0.717, 1.165) is 10.8 Å². The van der Waals surface area contributed by atoms with E-state index >= 15 is 0 Å². The van der Waals surface area contributed by atoms with E-state index in [9.17, 15) is 8.78 Å². The van der Waals surface area contributed by atoms with Gasteiger partial charge in [-0.15, -0.1) is 0 Å². The third-order valence-corrected chi connectivity index (χ3v) is 2.89. The minimum Gasteiger partial charge on any atom is -0.193 e. The number of hydrogen-bond acceptors (Lipinski definition) is 2. The maximum atomic E-state index is 12.5. The molecule has 0 aromatic rings. The van der Waals surface area contributed by atoms with Crippen LogP contribution in [0, 0.1) is 5.92 Å². The Bertz CT molecular complexity index is 83.0. The van der Waals surface area contributed by atoms with Crippen LogP contribution in [0.3, 0.4) is 0 Å². The summed E-state index contributed by atoms with van der Waals surface area (Å²) in [5.41, 5.74) is 0. The first kappa shape index (κ1) is 9.56. The Hall–Kier alpha value is 0.560. The van der Waals surface area contributed by atoms with E-state index in [1.54, 1.807) is 6.26 Å². The van der Waals surface area contributed by atoms with Gasteiger partial charge in [0.25, 0.3) is 0 Å². The molecular formula is C5H10F2S2. The van der Waals surface area contributed by atoms with Crippen molar-refractivity contribution >= 4 is 21.6 Å². The summed E-state index contributed by atoms with van der Waals surface area (Å²) in [6.45, 7) is 3.03. The van der Waals surface area contributed by atoms with E-state index in [1.807, 2.05) is 0 Å². The van der Waals surface area contributed by atoms with Crippen LogP contribution in [0.15, 0.2) is 0 Å². The summed E-state index contributed by atoms with van der Waals surface area (Å²) in [6, 6.07) is 0. The molecule has 0 amide bonds. The standard InChI is InChI=1S/C5H10F2S2/c1-4(2)5(6,7)9-8-3/h4H,1-3H3. The second kappa shape index (κ2) is 3.66. The number of rotatable bonds is 3. The zero-order chi connectivity index (χ0) is 7.49. The van der Waals surface area contributed by atoms with E-state index in [-0.39, 0.29) is 0 Å². The Morgan fingerprint density at radius 1 is 1.33 bits per heavy atom. The third kappa shape index (κ3) is 3.30. The van der Waals surface area contributed by atoms with Gasteiger partial charge >= 0.3 is 5.25 Å². The Kier molecular flexibility index (Phi) is 3.89. The highest BCUT2D eigenvalue weighted by atomic mass is 33.1. The molecule has 4 heteroatoms. The summed E-state index contributed by atoms with van der Waals surface area (Å²) >= 11 is 0. The molecule has 0 N–H and O–H groups in total. The monoisotopic (exact) mass is 172 g/mol. The molecule has 0 aliphatic heterocycles. The summed E-state index contributed by atoms with van der Waals surface area (Å²) in [5, 5.41) is -2.57.